The highest BCUT2D eigenvalue weighted by atomic mass is 19.1. The molecule has 0 fully saturated rings. The molecule has 94 valence electrons. The van der Waals surface area contributed by atoms with E-state index >= 15 is 0 Å². The van der Waals surface area contributed by atoms with Gasteiger partial charge in [0.15, 0.2) is 0 Å². The van der Waals surface area contributed by atoms with Crippen LogP contribution in [0.5, 0.6) is 0 Å². The SMILES string of the molecule is Cc1cc(F)cc(NCc2ccc(F)c(C)c2)c1. The van der Waals surface area contributed by atoms with Crippen LogP contribution in [0.4, 0.5) is 14.5 Å². The van der Waals surface area contributed by atoms with Crippen molar-refractivity contribution >= 4 is 5.69 Å². The first kappa shape index (κ1) is 12.6. The molecule has 2 rings (SSSR count). The van der Waals surface area contributed by atoms with Crippen molar-refractivity contribution in [2.45, 2.75) is 20.4 Å². The fourth-order valence-electron chi connectivity index (χ4n) is 1.86. The first-order valence-electron chi connectivity index (χ1n) is 5.81. The Labute approximate surface area is 105 Å². The maximum Gasteiger partial charge on any atom is 0.126 e. The third kappa shape index (κ3) is 3.06. The molecule has 1 nitrogen and oxygen atoms in total. The summed E-state index contributed by atoms with van der Waals surface area (Å²) in [6, 6.07) is 9.76. The molecule has 18 heavy (non-hydrogen) atoms. The number of nitrogens with one attached hydrogen (secondary N) is 1. The van der Waals surface area contributed by atoms with Crippen LogP contribution in [-0.2, 0) is 6.54 Å². The number of rotatable bonds is 3. The molecule has 0 heterocycles. The number of hydrogen-bond acceptors (Lipinski definition) is 1. The number of aryl methyl sites for hydroxylation is 2. The summed E-state index contributed by atoms with van der Waals surface area (Å²) in [4.78, 5) is 0. The minimum absolute atomic E-state index is 0.208. The van der Waals surface area contributed by atoms with E-state index in [4.69, 9.17) is 0 Å². The molecule has 0 radical (unpaired) electrons. The van der Waals surface area contributed by atoms with Crippen LogP contribution in [0.2, 0.25) is 0 Å². The van der Waals surface area contributed by atoms with Crippen LogP contribution in [0.15, 0.2) is 36.4 Å². The van der Waals surface area contributed by atoms with Crippen molar-refractivity contribution in [3.63, 3.8) is 0 Å². The zero-order valence-corrected chi connectivity index (χ0v) is 10.4. The Kier molecular flexibility index (Phi) is 3.60. The molecule has 0 aliphatic heterocycles. The average Bonchev–Trinajstić information content (AvgIpc) is 2.29. The third-order valence-corrected chi connectivity index (χ3v) is 2.76. The molecule has 2 aromatic rings. The first-order valence-corrected chi connectivity index (χ1v) is 5.81. The lowest BCUT2D eigenvalue weighted by molar-refractivity contribution is 0.617. The predicted octanol–water partition coefficient (Wildman–Crippen LogP) is 4.19. The van der Waals surface area contributed by atoms with Crippen LogP contribution in [-0.4, -0.2) is 0 Å². The fourth-order valence-corrected chi connectivity index (χ4v) is 1.86. The standard InChI is InChI=1S/C15H15F2N/c1-10-5-13(16)8-14(6-10)18-9-12-3-4-15(17)11(2)7-12/h3-8,18H,9H2,1-2H3. The number of hydrogen-bond donors (Lipinski definition) is 1. The highest BCUT2D eigenvalue weighted by molar-refractivity contribution is 5.46. The second-order valence-corrected chi connectivity index (χ2v) is 4.45. The largest absolute Gasteiger partial charge is 0.381 e. The van der Waals surface area contributed by atoms with Crippen molar-refractivity contribution in [3.8, 4) is 0 Å². The van der Waals surface area contributed by atoms with Gasteiger partial charge in [-0.1, -0.05) is 12.1 Å². The summed E-state index contributed by atoms with van der Waals surface area (Å²) in [5.41, 5.74) is 3.18. The van der Waals surface area contributed by atoms with Gasteiger partial charge < -0.3 is 5.32 Å². The van der Waals surface area contributed by atoms with Gasteiger partial charge in [-0.05, 0) is 54.8 Å². The van der Waals surface area contributed by atoms with Gasteiger partial charge in [-0.15, -0.1) is 0 Å². The average molecular weight is 247 g/mol. The Morgan fingerprint density at radius 1 is 1.00 bits per heavy atom. The summed E-state index contributed by atoms with van der Waals surface area (Å²) in [6.45, 7) is 4.12. The van der Waals surface area contributed by atoms with E-state index in [1.54, 1.807) is 19.1 Å². The summed E-state index contributed by atoms with van der Waals surface area (Å²) in [6.07, 6.45) is 0. The van der Waals surface area contributed by atoms with Crippen molar-refractivity contribution in [2.75, 3.05) is 5.32 Å². The maximum absolute atomic E-state index is 13.2. The minimum atomic E-state index is -0.257. The third-order valence-electron chi connectivity index (χ3n) is 2.76. The van der Waals surface area contributed by atoms with E-state index in [0.717, 1.165) is 16.8 Å². The smallest absolute Gasteiger partial charge is 0.126 e. The van der Waals surface area contributed by atoms with Crippen LogP contribution in [0.3, 0.4) is 0 Å². The minimum Gasteiger partial charge on any atom is -0.381 e. The second-order valence-electron chi connectivity index (χ2n) is 4.45. The molecule has 3 heteroatoms. The Morgan fingerprint density at radius 2 is 1.78 bits per heavy atom. The highest BCUT2D eigenvalue weighted by Crippen LogP contribution is 2.15. The summed E-state index contributed by atoms with van der Waals surface area (Å²) in [7, 11) is 0. The zero-order valence-electron chi connectivity index (χ0n) is 10.4. The predicted molar refractivity (Wildman–Crippen MR) is 69.6 cm³/mol. The van der Waals surface area contributed by atoms with Gasteiger partial charge in [0.25, 0.3) is 0 Å². The van der Waals surface area contributed by atoms with Gasteiger partial charge >= 0.3 is 0 Å². The van der Waals surface area contributed by atoms with Gasteiger partial charge in [0.05, 0.1) is 0 Å². The van der Waals surface area contributed by atoms with Crippen LogP contribution in [0.1, 0.15) is 16.7 Å². The molecule has 0 spiro atoms. The van der Waals surface area contributed by atoms with Crippen molar-refractivity contribution in [3.05, 3.63) is 64.7 Å². The monoisotopic (exact) mass is 247 g/mol. The van der Waals surface area contributed by atoms with Gasteiger partial charge in [0.2, 0.25) is 0 Å². The fraction of sp³-hybridized carbons (Fsp3) is 0.200. The van der Waals surface area contributed by atoms with Crippen LogP contribution in [0.25, 0.3) is 0 Å². The lowest BCUT2D eigenvalue weighted by Crippen LogP contribution is -2.01. The van der Waals surface area contributed by atoms with Gasteiger partial charge in [0, 0.05) is 12.2 Å². The van der Waals surface area contributed by atoms with Crippen molar-refractivity contribution in [2.24, 2.45) is 0 Å². The Hall–Kier alpha value is -1.90. The molecule has 1 N–H and O–H groups in total. The summed E-state index contributed by atoms with van der Waals surface area (Å²) in [5, 5.41) is 3.13. The van der Waals surface area contributed by atoms with Crippen molar-refractivity contribution < 1.29 is 8.78 Å². The normalized spacial score (nSPS) is 10.4. The molecule has 0 aliphatic rings. The summed E-state index contributed by atoms with van der Waals surface area (Å²) in [5.74, 6) is -0.465. The molecular formula is C15H15F2N. The Morgan fingerprint density at radius 3 is 2.44 bits per heavy atom. The molecular weight excluding hydrogens is 232 g/mol. The summed E-state index contributed by atoms with van der Waals surface area (Å²) >= 11 is 0. The Balaban J connectivity index is 2.08. The first-order chi connectivity index (χ1) is 8.54. The molecule has 2 aromatic carbocycles. The van der Waals surface area contributed by atoms with E-state index in [1.807, 2.05) is 13.0 Å². The topological polar surface area (TPSA) is 12.0 Å². The van der Waals surface area contributed by atoms with E-state index in [0.29, 0.717) is 12.1 Å². The van der Waals surface area contributed by atoms with Gasteiger partial charge in [-0.2, -0.15) is 0 Å². The highest BCUT2D eigenvalue weighted by Gasteiger charge is 2.01. The number of halogens is 2. The quantitative estimate of drug-likeness (QED) is 0.857. The molecule has 0 aliphatic carbocycles. The van der Waals surface area contributed by atoms with Gasteiger partial charge in [-0.3, -0.25) is 0 Å². The molecule has 0 saturated carbocycles. The summed E-state index contributed by atoms with van der Waals surface area (Å²) < 4.78 is 26.3. The van der Waals surface area contributed by atoms with Gasteiger partial charge in [0.1, 0.15) is 11.6 Å². The lowest BCUT2D eigenvalue weighted by Gasteiger charge is -2.08. The van der Waals surface area contributed by atoms with Crippen molar-refractivity contribution in [1.82, 2.24) is 0 Å². The molecule has 0 saturated heterocycles. The van der Waals surface area contributed by atoms with E-state index in [1.165, 1.54) is 18.2 Å². The molecule has 0 unspecified atom stereocenters. The molecule has 0 aromatic heterocycles. The van der Waals surface area contributed by atoms with Crippen LogP contribution < -0.4 is 5.32 Å². The Bertz CT molecular complexity index is 544. The second kappa shape index (κ2) is 5.17. The lowest BCUT2D eigenvalue weighted by atomic mass is 10.1. The zero-order chi connectivity index (χ0) is 13.1. The van der Waals surface area contributed by atoms with Crippen LogP contribution in [0, 0.1) is 25.5 Å². The van der Waals surface area contributed by atoms with Gasteiger partial charge in [-0.25, -0.2) is 8.78 Å². The van der Waals surface area contributed by atoms with E-state index < -0.39 is 0 Å². The number of benzene rings is 2. The van der Waals surface area contributed by atoms with E-state index in [2.05, 4.69) is 5.32 Å². The van der Waals surface area contributed by atoms with E-state index in [-0.39, 0.29) is 11.6 Å². The molecule has 0 amide bonds. The molecule has 0 atom stereocenters. The maximum atomic E-state index is 13.2. The van der Waals surface area contributed by atoms with Crippen LogP contribution >= 0.6 is 0 Å². The molecule has 0 bridgehead atoms. The number of anilines is 1. The van der Waals surface area contributed by atoms with Crippen molar-refractivity contribution in [1.29, 1.82) is 0 Å². The van der Waals surface area contributed by atoms with E-state index in [9.17, 15) is 8.78 Å².